The fourth-order valence-corrected chi connectivity index (χ4v) is 3.73. The smallest absolute Gasteiger partial charge is 0.389 e. The van der Waals surface area contributed by atoms with Crippen LogP contribution in [-0.4, -0.2) is 49.7 Å². The van der Waals surface area contributed by atoms with Crippen molar-refractivity contribution in [2.75, 3.05) is 13.1 Å². The third-order valence-corrected chi connectivity index (χ3v) is 5.21. The molecule has 1 aliphatic heterocycles. The van der Waals surface area contributed by atoms with Crippen molar-refractivity contribution in [2.45, 2.75) is 64.3 Å². The summed E-state index contributed by atoms with van der Waals surface area (Å²) in [5.41, 5.74) is -6.45. The molecule has 6 nitrogen and oxygen atoms in total. The number of fused-ring (bicyclic) bond motifs is 1. The van der Waals surface area contributed by atoms with E-state index in [0.717, 1.165) is 4.57 Å². The molecule has 1 aromatic carbocycles. The number of amides is 1. The maximum Gasteiger partial charge on any atom is 0.418 e. The van der Waals surface area contributed by atoms with Crippen molar-refractivity contribution >= 4 is 16.9 Å². The van der Waals surface area contributed by atoms with Crippen LogP contribution in [0.4, 0.5) is 26.3 Å². The largest absolute Gasteiger partial charge is 0.418 e. The van der Waals surface area contributed by atoms with Gasteiger partial charge in [-0.1, -0.05) is 0 Å². The average Bonchev–Trinajstić information content (AvgIpc) is 2.92. The molecule has 2 N–H and O–H groups in total. The summed E-state index contributed by atoms with van der Waals surface area (Å²) in [5, 5.41) is 13.3. The van der Waals surface area contributed by atoms with Crippen LogP contribution in [0.1, 0.15) is 44.6 Å². The lowest BCUT2D eigenvalue weighted by Crippen LogP contribution is -2.60. The number of hydrogen-bond donors (Lipinski definition) is 2. The number of nitrogens with zero attached hydrogens (tertiary/aromatic N) is 3. The second-order valence-corrected chi connectivity index (χ2v) is 9.09. The standard InChI is InChI=1S/C20H24F6N4O2/c1-17(2,32)10-30-13-8-11(19(21,22)23)7-12(20(24,25)26)15(13)28-14(30)9-29-6-5-27-18(3,4)16(29)31/h7-8,27,32H,5-6,9-10H2,1-4H3. The van der Waals surface area contributed by atoms with E-state index >= 15 is 0 Å². The predicted octanol–water partition coefficient (Wildman–Crippen LogP) is 3.56. The first-order chi connectivity index (χ1) is 14.4. The van der Waals surface area contributed by atoms with Gasteiger partial charge in [0.25, 0.3) is 0 Å². The summed E-state index contributed by atoms with van der Waals surface area (Å²) in [6.45, 7) is 6.19. The van der Waals surface area contributed by atoms with E-state index in [2.05, 4.69) is 10.3 Å². The van der Waals surface area contributed by atoms with Crippen molar-refractivity contribution in [3.63, 3.8) is 0 Å². The zero-order valence-corrected chi connectivity index (χ0v) is 17.9. The maximum atomic E-state index is 13.6. The molecule has 178 valence electrons. The molecule has 0 radical (unpaired) electrons. The molecule has 32 heavy (non-hydrogen) atoms. The van der Waals surface area contributed by atoms with Gasteiger partial charge in [-0.25, -0.2) is 4.98 Å². The van der Waals surface area contributed by atoms with Crippen molar-refractivity contribution in [1.82, 2.24) is 19.8 Å². The first-order valence-corrected chi connectivity index (χ1v) is 9.84. The van der Waals surface area contributed by atoms with E-state index < -0.39 is 45.7 Å². The third kappa shape index (κ3) is 4.85. The zero-order chi connectivity index (χ0) is 24.3. The molecule has 1 saturated heterocycles. The van der Waals surface area contributed by atoms with Gasteiger partial charge in [0.05, 0.1) is 40.9 Å². The van der Waals surface area contributed by atoms with Crippen LogP contribution >= 0.6 is 0 Å². The number of carbonyl (C=O) groups is 1. The van der Waals surface area contributed by atoms with Crippen molar-refractivity contribution < 1.29 is 36.2 Å². The van der Waals surface area contributed by atoms with Gasteiger partial charge >= 0.3 is 12.4 Å². The monoisotopic (exact) mass is 466 g/mol. The summed E-state index contributed by atoms with van der Waals surface area (Å²) in [7, 11) is 0. The molecule has 0 unspecified atom stereocenters. The lowest BCUT2D eigenvalue weighted by Gasteiger charge is -2.38. The average molecular weight is 466 g/mol. The van der Waals surface area contributed by atoms with Gasteiger partial charge in [0.1, 0.15) is 11.3 Å². The molecule has 0 spiro atoms. The number of rotatable bonds is 4. The normalized spacial score (nSPS) is 18.0. The van der Waals surface area contributed by atoms with Crippen LogP contribution in [0.3, 0.4) is 0 Å². The lowest BCUT2D eigenvalue weighted by molar-refractivity contribution is -0.142. The van der Waals surface area contributed by atoms with Gasteiger partial charge < -0.3 is 19.9 Å². The first kappa shape index (κ1) is 24.3. The Morgan fingerprint density at radius 3 is 2.28 bits per heavy atom. The van der Waals surface area contributed by atoms with Crippen LogP contribution in [-0.2, 0) is 30.2 Å². The lowest BCUT2D eigenvalue weighted by atomic mass is 10.0. The summed E-state index contributed by atoms with van der Waals surface area (Å²) in [5.74, 6) is -0.365. The van der Waals surface area contributed by atoms with Gasteiger partial charge in [0.2, 0.25) is 5.91 Å². The molecule has 2 aromatic rings. The minimum Gasteiger partial charge on any atom is -0.389 e. The van der Waals surface area contributed by atoms with Gasteiger partial charge in [0.15, 0.2) is 0 Å². The Balaban J connectivity index is 2.24. The zero-order valence-electron chi connectivity index (χ0n) is 17.9. The molecule has 2 heterocycles. The second kappa shape index (κ2) is 7.62. The number of halogens is 6. The Hall–Kier alpha value is -2.34. The number of hydrogen-bond acceptors (Lipinski definition) is 4. The minimum atomic E-state index is -5.09. The van der Waals surface area contributed by atoms with Gasteiger partial charge in [-0.3, -0.25) is 4.79 Å². The summed E-state index contributed by atoms with van der Waals surface area (Å²) in [6.07, 6.45) is -10.1. The summed E-state index contributed by atoms with van der Waals surface area (Å²) >= 11 is 0. The molecule has 3 rings (SSSR count). The fraction of sp³-hybridized carbons (Fsp3) is 0.600. The van der Waals surface area contributed by atoms with Crippen molar-refractivity contribution in [1.29, 1.82) is 0 Å². The third-order valence-electron chi connectivity index (χ3n) is 5.21. The van der Waals surface area contributed by atoms with Crippen LogP contribution < -0.4 is 5.32 Å². The van der Waals surface area contributed by atoms with Crippen LogP contribution in [0, 0.1) is 0 Å². The molecule has 1 aliphatic rings. The fourth-order valence-electron chi connectivity index (χ4n) is 3.73. The number of nitrogens with one attached hydrogen (secondary N) is 1. The molecule has 0 bridgehead atoms. The Labute approximate surface area is 180 Å². The highest BCUT2D eigenvalue weighted by atomic mass is 19.4. The van der Waals surface area contributed by atoms with Gasteiger partial charge in [-0.2, -0.15) is 26.3 Å². The summed E-state index contributed by atoms with van der Waals surface area (Å²) in [6, 6.07) is 0.628. The molecule has 0 aliphatic carbocycles. The van der Waals surface area contributed by atoms with Crippen molar-refractivity contribution in [2.24, 2.45) is 0 Å². The SMILES string of the molecule is CC(C)(O)Cn1c(CN2CCNC(C)(C)C2=O)nc2c(C(F)(F)F)cc(C(F)(F)F)cc21. The maximum absolute atomic E-state index is 13.6. The summed E-state index contributed by atoms with van der Waals surface area (Å²) < 4.78 is 82.2. The highest BCUT2D eigenvalue weighted by Gasteiger charge is 2.41. The van der Waals surface area contributed by atoms with Crippen LogP contribution in [0.25, 0.3) is 11.0 Å². The highest BCUT2D eigenvalue weighted by molar-refractivity contribution is 5.86. The Bertz CT molecular complexity index is 1030. The van der Waals surface area contributed by atoms with Crippen LogP contribution in [0.5, 0.6) is 0 Å². The number of imidazole rings is 1. The molecule has 0 atom stereocenters. The molecular formula is C20H24F6N4O2. The first-order valence-electron chi connectivity index (χ1n) is 9.84. The number of carbonyl (C=O) groups excluding carboxylic acids is 1. The Morgan fingerprint density at radius 1 is 1.12 bits per heavy atom. The molecule has 0 saturated carbocycles. The quantitative estimate of drug-likeness (QED) is 0.677. The second-order valence-electron chi connectivity index (χ2n) is 9.09. The minimum absolute atomic E-state index is 0.0343. The molecule has 1 amide bonds. The van der Waals surface area contributed by atoms with Gasteiger partial charge in [-0.15, -0.1) is 0 Å². The Morgan fingerprint density at radius 2 is 1.75 bits per heavy atom. The molecule has 1 aromatic heterocycles. The predicted molar refractivity (Wildman–Crippen MR) is 104 cm³/mol. The number of aromatic nitrogens is 2. The number of benzene rings is 1. The van der Waals surface area contributed by atoms with Gasteiger partial charge in [0, 0.05) is 13.1 Å². The number of piperazine rings is 1. The van der Waals surface area contributed by atoms with Crippen LogP contribution in [0.2, 0.25) is 0 Å². The van der Waals surface area contributed by atoms with Crippen LogP contribution in [0.15, 0.2) is 12.1 Å². The van der Waals surface area contributed by atoms with Gasteiger partial charge in [-0.05, 0) is 39.8 Å². The molecule has 12 heteroatoms. The summed E-state index contributed by atoms with van der Waals surface area (Å²) in [4.78, 5) is 18.1. The van der Waals surface area contributed by atoms with E-state index in [4.69, 9.17) is 0 Å². The van der Waals surface area contributed by atoms with E-state index in [1.807, 2.05) is 0 Å². The Kier molecular flexibility index (Phi) is 5.78. The van der Waals surface area contributed by atoms with Crippen molar-refractivity contribution in [3.05, 3.63) is 29.1 Å². The van der Waals surface area contributed by atoms with E-state index in [1.165, 1.54) is 18.7 Å². The molecule has 1 fully saturated rings. The van der Waals surface area contributed by atoms with E-state index in [9.17, 15) is 36.2 Å². The number of aliphatic hydroxyl groups is 1. The topological polar surface area (TPSA) is 70.4 Å². The van der Waals surface area contributed by atoms with E-state index in [0.29, 0.717) is 12.6 Å². The number of alkyl halides is 6. The van der Waals surface area contributed by atoms with Crippen molar-refractivity contribution in [3.8, 4) is 0 Å². The van der Waals surface area contributed by atoms with E-state index in [1.54, 1.807) is 13.8 Å². The molecular weight excluding hydrogens is 442 g/mol. The van der Waals surface area contributed by atoms with E-state index in [-0.39, 0.29) is 37.4 Å². The highest BCUT2D eigenvalue weighted by Crippen LogP contribution is 2.40.